The average Bonchev–Trinajstić information content (AvgIpc) is 2.39. The van der Waals surface area contributed by atoms with Crippen molar-refractivity contribution in [1.82, 2.24) is 0 Å². The smallest absolute Gasteiger partial charge is 0.0521 e. The highest BCUT2D eigenvalue weighted by Crippen LogP contribution is 2.37. The van der Waals surface area contributed by atoms with E-state index in [4.69, 9.17) is 11.6 Å². The Morgan fingerprint density at radius 1 is 1.17 bits per heavy atom. The fourth-order valence-corrected chi connectivity index (χ4v) is 3.18. The molecule has 0 aromatic heterocycles. The number of benzene rings is 2. The standard InChI is InChI=1S/C15H13BrClN/c16-13-6-2-3-10-7-8-14(18-15(10)13)11-4-1-5-12(17)9-11/h1-6,9,14,18H,7-8H2. The third-order valence-electron chi connectivity index (χ3n) is 3.37. The van der Waals surface area contributed by atoms with Crippen molar-refractivity contribution in [2.75, 3.05) is 5.32 Å². The summed E-state index contributed by atoms with van der Waals surface area (Å²) in [6.45, 7) is 0. The minimum atomic E-state index is 0.342. The Balaban J connectivity index is 1.93. The number of anilines is 1. The van der Waals surface area contributed by atoms with Gasteiger partial charge in [0.25, 0.3) is 0 Å². The van der Waals surface area contributed by atoms with Crippen molar-refractivity contribution in [2.45, 2.75) is 18.9 Å². The quantitative estimate of drug-likeness (QED) is 0.760. The highest BCUT2D eigenvalue weighted by molar-refractivity contribution is 9.10. The van der Waals surface area contributed by atoms with E-state index in [0.29, 0.717) is 6.04 Å². The molecule has 3 heteroatoms. The fraction of sp³-hybridized carbons (Fsp3) is 0.200. The van der Waals surface area contributed by atoms with Crippen LogP contribution >= 0.6 is 27.5 Å². The summed E-state index contributed by atoms with van der Waals surface area (Å²) < 4.78 is 1.13. The zero-order valence-corrected chi connectivity index (χ0v) is 12.1. The van der Waals surface area contributed by atoms with Crippen molar-refractivity contribution in [1.29, 1.82) is 0 Å². The Kier molecular flexibility index (Phi) is 3.31. The van der Waals surface area contributed by atoms with Gasteiger partial charge in [-0.25, -0.2) is 0 Å². The Labute approximate surface area is 120 Å². The van der Waals surface area contributed by atoms with Crippen LogP contribution in [0.4, 0.5) is 5.69 Å². The van der Waals surface area contributed by atoms with Gasteiger partial charge in [-0.05, 0) is 58.1 Å². The predicted molar refractivity (Wildman–Crippen MR) is 80.3 cm³/mol. The van der Waals surface area contributed by atoms with Crippen molar-refractivity contribution in [3.8, 4) is 0 Å². The maximum absolute atomic E-state index is 6.06. The lowest BCUT2D eigenvalue weighted by Crippen LogP contribution is -2.18. The average molecular weight is 323 g/mol. The van der Waals surface area contributed by atoms with Crippen LogP contribution < -0.4 is 5.32 Å². The fourth-order valence-electron chi connectivity index (χ4n) is 2.46. The second kappa shape index (κ2) is 4.94. The Hall–Kier alpha value is -0.990. The van der Waals surface area contributed by atoms with Gasteiger partial charge in [-0.2, -0.15) is 0 Å². The molecule has 1 N–H and O–H groups in total. The summed E-state index contributed by atoms with van der Waals surface area (Å²) >= 11 is 9.67. The van der Waals surface area contributed by atoms with E-state index in [-0.39, 0.29) is 0 Å². The van der Waals surface area contributed by atoms with Gasteiger partial charge in [0, 0.05) is 9.50 Å². The molecule has 2 aromatic rings. The highest BCUT2D eigenvalue weighted by atomic mass is 79.9. The number of hydrogen-bond acceptors (Lipinski definition) is 1. The topological polar surface area (TPSA) is 12.0 Å². The molecule has 0 spiro atoms. The van der Waals surface area contributed by atoms with Gasteiger partial charge in [0.1, 0.15) is 0 Å². The van der Waals surface area contributed by atoms with Crippen LogP contribution in [0.1, 0.15) is 23.6 Å². The van der Waals surface area contributed by atoms with Gasteiger partial charge in [0.15, 0.2) is 0 Å². The van der Waals surface area contributed by atoms with Crippen LogP contribution in [0.25, 0.3) is 0 Å². The van der Waals surface area contributed by atoms with Gasteiger partial charge in [0.2, 0.25) is 0 Å². The second-order valence-electron chi connectivity index (χ2n) is 4.56. The van der Waals surface area contributed by atoms with E-state index in [2.05, 4.69) is 45.5 Å². The summed E-state index contributed by atoms with van der Waals surface area (Å²) in [7, 11) is 0. The molecule has 0 saturated carbocycles. The van der Waals surface area contributed by atoms with Crippen molar-refractivity contribution in [3.05, 3.63) is 63.1 Å². The first-order valence-corrected chi connectivity index (χ1v) is 7.20. The summed E-state index contributed by atoms with van der Waals surface area (Å²) in [4.78, 5) is 0. The molecule has 0 fully saturated rings. The molecule has 0 bridgehead atoms. The number of para-hydroxylation sites is 1. The molecule has 1 nitrogen and oxygen atoms in total. The van der Waals surface area contributed by atoms with Crippen LogP contribution in [0.3, 0.4) is 0 Å². The third-order valence-corrected chi connectivity index (χ3v) is 4.27. The van der Waals surface area contributed by atoms with Crippen LogP contribution in [0, 0.1) is 0 Å². The summed E-state index contributed by atoms with van der Waals surface area (Å²) in [5, 5.41) is 4.40. The SMILES string of the molecule is Clc1cccc(C2CCc3cccc(Br)c3N2)c1. The number of fused-ring (bicyclic) bond motifs is 1. The first-order valence-electron chi connectivity index (χ1n) is 6.03. The molecule has 0 aliphatic carbocycles. The number of aryl methyl sites for hydroxylation is 1. The van der Waals surface area contributed by atoms with Crippen LogP contribution in [0.2, 0.25) is 5.02 Å². The van der Waals surface area contributed by atoms with Gasteiger partial charge in [0.05, 0.1) is 11.7 Å². The van der Waals surface area contributed by atoms with E-state index in [9.17, 15) is 0 Å². The number of nitrogens with one attached hydrogen (secondary N) is 1. The summed E-state index contributed by atoms with van der Waals surface area (Å²) in [5.41, 5.74) is 3.85. The van der Waals surface area contributed by atoms with E-state index in [1.165, 1.54) is 16.8 Å². The molecule has 2 aromatic carbocycles. The number of hydrogen-bond donors (Lipinski definition) is 1. The molecule has 1 atom stereocenters. The van der Waals surface area contributed by atoms with Gasteiger partial charge < -0.3 is 5.32 Å². The first kappa shape index (κ1) is 12.1. The third kappa shape index (κ3) is 2.27. The van der Waals surface area contributed by atoms with Crippen molar-refractivity contribution >= 4 is 33.2 Å². The molecule has 1 aliphatic rings. The van der Waals surface area contributed by atoms with Crippen molar-refractivity contribution in [3.63, 3.8) is 0 Å². The van der Waals surface area contributed by atoms with Crippen molar-refractivity contribution in [2.24, 2.45) is 0 Å². The lowest BCUT2D eigenvalue weighted by atomic mass is 9.93. The molecular formula is C15H13BrClN. The molecule has 92 valence electrons. The van der Waals surface area contributed by atoms with E-state index in [1.807, 2.05) is 18.2 Å². The van der Waals surface area contributed by atoms with Crippen molar-refractivity contribution < 1.29 is 0 Å². The van der Waals surface area contributed by atoms with E-state index in [1.54, 1.807) is 0 Å². The van der Waals surface area contributed by atoms with Crippen LogP contribution in [0.5, 0.6) is 0 Å². The molecule has 0 radical (unpaired) electrons. The summed E-state index contributed by atoms with van der Waals surface area (Å²) in [5.74, 6) is 0. The van der Waals surface area contributed by atoms with Gasteiger partial charge in [-0.15, -0.1) is 0 Å². The summed E-state index contributed by atoms with van der Waals surface area (Å²) in [6, 6.07) is 14.8. The van der Waals surface area contributed by atoms with Crippen LogP contribution in [-0.4, -0.2) is 0 Å². The van der Waals surface area contributed by atoms with E-state index in [0.717, 1.165) is 22.3 Å². The van der Waals surface area contributed by atoms with Gasteiger partial charge in [-0.3, -0.25) is 0 Å². The predicted octanol–water partition coefficient (Wildman–Crippen LogP) is 5.20. The Morgan fingerprint density at radius 3 is 2.83 bits per heavy atom. The first-order chi connectivity index (χ1) is 8.74. The molecule has 18 heavy (non-hydrogen) atoms. The largest absolute Gasteiger partial charge is 0.377 e. The second-order valence-corrected chi connectivity index (χ2v) is 5.86. The molecule has 1 aliphatic heterocycles. The van der Waals surface area contributed by atoms with Crippen LogP contribution in [-0.2, 0) is 6.42 Å². The zero-order valence-electron chi connectivity index (χ0n) is 9.79. The normalized spacial score (nSPS) is 18.0. The maximum atomic E-state index is 6.06. The Bertz CT molecular complexity index is 582. The maximum Gasteiger partial charge on any atom is 0.0521 e. The molecule has 3 rings (SSSR count). The molecular weight excluding hydrogens is 310 g/mol. The van der Waals surface area contributed by atoms with E-state index < -0.39 is 0 Å². The molecule has 0 amide bonds. The minimum Gasteiger partial charge on any atom is -0.377 e. The zero-order chi connectivity index (χ0) is 12.5. The highest BCUT2D eigenvalue weighted by Gasteiger charge is 2.20. The lowest BCUT2D eigenvalue weighted by molar-refractivity contribution is 0.667. The lowest BCUT2D eigenvalue weighted by Gasteiger charge is -2.28. The Morgan fingerprint density at radius 2 is 2.00 bits per heavy atom. The molecule has 1 unspecified atom stereocenters. The molecule has 1 heterocycles. The molecule has 0 saturated heterocycles. The van der Waals surface area contributed by atoms with Gasteiger partial charge in [-0.1, -0.05) is 35.9 Å². The summed E-state index contributed by atoms with van der Waals surface area (Å²) in [6.07, 6.45) is 2.20. The monoisotopic (exact) mass is 321 g/mol. The number of halogens is 2. The minimum absolute atomic E-state index is 0.342. The van der Waals surface area contributed by atoms with Crippen LogP contribution in [0.15, 0.2) is 46.9 Å². The van der Waals surface area contributed by atoms with E-state index >= 15 is 0 Å². The number of rotatable bonds is 1. The van der Waals surface area contributed by atoms with Gasteiger partial charge >= 0.3 is 0 Å².